The highest BCUT2D eigenvalue weighted by Crippen LogP contribution is 2.22. The molecule has 3 heteroatoms. The van der Waals surface area contributed by atoms with Crippen molar-refractivity contribution in [1.29, 1.82) is 0 Å². The van der Waals surface area contributed by atoms with Gasteiger partial charge in [0.2, 0.25) is 0 Å². The standard InChI is InChI=1S/C13H28N2S/c1-6-15(10-11(2)3)9-7-8-13(4,5)12(14)16/h11H,6-10H2,1-5H3,(H2,14,16). The number of nitrogens with zero attached hydrogens (tertiary/aromatic N) is 1. The predicted octanol–water partition coefficient (Wildman–Crippen LogP) is 3.06. The normalized spacial score (nSPS) is 12.4. The van der Waals surface area contributed by atoms with Gasteiger partial charge in [0.1, 0.15) is 0 Å². The minimum Gasteiger partial charge on any atom is -0.393 e. The second kappa shape index (κ2) is 7.23. The van der Waals surface area contributed by atoms with Gasteiger partial charge in [-0.1, -0.05) is 46.8 Å². The van der Waals surface area contributed by atoms with Crippen molar-refractivity contribution in [2.24, 2.45) is 17.1 Å². The van der Waals surface area contributed by atoms with Gasteiger partial charge in [-0.2, -0.15) is 0 Å². The van der Waals surface area contributed by atoms with Gasteiger partial charge in [-0.3, -0.25) is 0 Å². The molecule has 0 saturated heterocycles. The summed E-state index contributed by atoms with van der Waals surface area (Å²) in [5.74, 6) is 0.739. The minimum atomic E-state index is 0.00652. The van der Waals surface area contributed by atoms with E-state index >= 15 is 0 Å². The summed E-state index contributed by atoms with van der Waals surface area (Å²) in [6, 6.07) is 0. The lowest BCUT2D eigenvalue weighted by Crippen LogP contribution is -2.32. The van der Waals surface area contributed by atoms with Crippen LogP contribution in [0.25, 0.3) is 0 Å². The molecule has 0 heterocycles. The average molecular weight is 244 g/mol. The second-order valence-electron chi connectivity index (χ2n) is 5.64. The molecule has 2 N–H and O–H groups in total. The molecule has 0 bridgehead atoms. The highest BCUT2D eigenvalue weighted by molar-refractivity contribution is 7.80. The van der Waals surface area contributed by atoms with Crippen LogP contribution < -0.4 is 5.73 Å². The molecule has 0 aromatic rings. The van der Waals surface area contributed by atoms with Crippen LogP contribution in [-0.2, 0) is 0 Å². The molecule has 16 heavy (non-hydrogen) atoms. The molecular formula is C13H28N2S. The topological polar surface area (TPSA) is 29.3 Å². The van der Waals surface area contributed by atoms with Crippen molar-refractivity contribution < 1.29 is 0 Å². The van der Waals surface area contributed by atoms with Crippen LogP contribution in [-0.4, -0.2) is 29.5 Å². The Morgan fingerprint density at radius 1 is 1.38 bits per heavy atom. The summed E-state index contributed by atoms with van der Waals surface area (Å²) in [5, 5.41) is 0. The molecule has 0 atom stereocenters. The Morgan fingerprint density at radius 3 is 2.31 bits per heavy atom. The molecule has 0 unspecified atom stereocenters. The fraction of sp³-hybridized carbons (Fsp3) is 0.923. The van der Waals surface area contributed by atoms with E-state index in [9.17, 15) is 0 Å². The van der Waals surface area contributed by atoms with Crippen LogP contribution in [0.2, 0.25) is 0 Å². The molecule has 0 aromatic carbocycles. The lowest BCUT2D eigenvalue weighted by Gasteiger charge is -2.26. The molecule has 0 aliphatic heterocycles. The number of hydrogen-bond donors (Lipinski definition) is 1. The third-order valence-corrected chi connectivity index (χ3v) is 3.57. The van der Waals surface area contributed by atoms with Crippen molar-refractivity contribution in [2.75, 3.05) is 19.6 Å². The molecule has 0 aromatic heterocycles. The van der Waals surface area contributed by atoms with Gasteiger partial charge >= 0.3 is 0 Å². The first kappa shape index (κ1) is 15.9. The van der Waals surface area contributed by atoms with Gasteiger partial charge in [-0.25, -0.2) is 0 Å². The highest BCUT2D eigenvalue weighted by Gasteiger charge is 2.20. The first-order valence-corrected chi connectivity index (χ1v) is 6.72. The van der Waals surface area contributed by atoms with E-state index in [0.29, 0.717) is 4.99 Å². The first-order valence-electron chi connectivity index (χ1n) is 6.32. The maximum absolute atomic E-state index is 5.72. The van der Waals surface area contributed by atoms with Gasteiger partial charge in [0.25, 0.3) is 0 Å². The maximum atomic E-state index is 5.72. The van der Waals surface area contributed by atoms with Crippen LogP contribution in [0.3, 0.4) is 0 Å². The van der Waals surface area contributed by atoms with Crippen LogP contribution in [0.1, 0.15) is 47.5 Å². The molecular weight excluding hydrogens is 216 g/mol. The molecule has 0 fully saturated rings. The van der Waals surface area contributed by atoms with E-state index < -0.39 is 0 Å². The number of thiocarbonyl (C=S) groups is 1. The Hall–Kier alpha value is -0.150. The van der Waals surface area contributed by atoms with Crippen LogP contribution >= 0.6 is 12.2 Å². The Labute approximate surface area is 107 Å². The van der Waals surface area contributed by atoms with E-state index in [2.05, 4.69) is 39.5 Å². The summed E-state index contributed by atoms with van der Waals surface area (Å²) in [6.07, 6.45) is 2.25. The molecule has 0 spiro atoms. The van der Waals surface area contributed by atoms with Crippen LogP contribution in [0.15, 0.2) is 0 Å². The van der Waals surface area contributed by atoms with Gasteiger partial charge in [0, 0.05) is 12.0 Å². The number of nitrogens with two attached hydrogens (primary N) is 1. The summed E-state index contributed by atoms with van der Waals surface area (Å²) >= 11 is 5.07. The first-order chi connectivity index (χ1) is 7.29. The van der Waals surface area contributed by atoms with Crippen molar-refractivity contribution in [1.82, 2.24) is 4.90 Å². The molecule has 0 radical (unpaired) electrons. The van der Waals surface area contributed by atoms with E-state index in [1.54, 1.807) is 0 Å². The van der Waals surface area contributed by atoms with Crippen molar-refractivity contribution in [2.45, 2.75) is 47.5 Å². The zero-order chi connectivity index (χ0) is 12.8. The van der Waals surface area contributed by atoms with Crippen LogP contribution in [0.4, 0.5) is 0 Å². The lowest BCUT2D eigenvalue weighted by molar-refractivity contribution is 0.243. The maximum Gasteiger partial charge on any atom is 0.0784 e. The van der Waals surface area contributed by atoms with E-state index in [-0.39, 0.29) is 5.41 Å². The quantitative estimate of drug-likeness (QED) is 0.665. The smallest absolute Gasteiger partial charge is 0.0784 e. The van der Waals surface area contributed by atoms with Crippen molar-refractivity contribution >= 4 is 17.2 Å². The largest absolute Gasteiger partial charge is 0.393 e. The highest BCUT2D eigenvalue weighted by atomic mass is 32.1. The fourth-order valence-electron chi connectivity index (χ4n) is 1.76. The fourth-order valence-corrected chi connectivity index (χ4v) is 1.86. The summed E-state index contributed by atoms with van der Waals surface area (Å²) < 4.78 is 0. The molecule has 96 valence electrons. The summed E-state index contributed by atoms with van der Waals surface area (Å²) in [7, 11) is 0. The Morgan fingerprint density at radius 2 is 1.94 bits per heavy atom. The van der Waals surface area contributed by atoms with Gasteiger partial charge in [0.05, 0.1) is 4.99 Å². The van der Waals surface area contributed by atoms with Crippen molar-refractivity contribution in [3.8, 4) is 0 Å². The number of rotatable bonds is 8. The zero-order valence-corrected chi connectivity index (χ0v) is 12.4. The van der Waals surface area contributed by atoms with Crippen molar-refractivity contribution in [3.63, 3.8) is 0 Å². The molecule has 0 saturated carbocycles. The van der Waals surface area contributed by atoms with E-state index in [1.165, 1.54) is 13.0 Å². The van der Waals surface area contributed by atoms with E-state index in [4.69, 9.17) is 18.0 Å². The SMILES string of the molecule is CCN(CCCC(C)(C)C(N)=S)CC(C)C. The van der Waals surface area contributed by atoms with Gasteiger partial charge < -0.3 is 10.6 Å². The Kier molecular flexibility index (Phi) is 7.16. The third-order valence-electron chi connectivity index (χ3n) is 3.01. The second-order valence-corrected chi connectivity index (χ2v) is 6.08. The van der Waals surface area contributed by atoms with Gasteiger partial charge in [-0.15, -0.1) is 0 Å². The van der Waals surface area contributed by atoms with E-state index in [1.807, 2.05) is 0 Å². The summed E-state index contributed by atoms with van der Waals surface area (Å²) in [6.45, 7) is 14.5. The van der Waals surface area contributed by atoms with Gasteiger partial charge in [-0.05, 0) is 31.8 Å². The van der Waals surface area contributed by atoms with Gasteiger partial charge in [0.15, 0.2) is 0 Å². The number of hydrogen-bond acceptors (Lipinski definition) is 2. The third kappa shape index (κ3) is 6.44. The Balaban J connectivity index is 3.91. The molecule has 0 amide bonds. The molecule has 2 nitrogen and oxygen atoms in total. The molecule has 0 aliphatic rings. The monoisotopic (exact) mass is 244 g/mol. The van der Waals surface area contributed by atoms with Crippen LogP contribution in [0, 0.1) is 11.3 Å². The molecule has 0 rings (SSSR count). The van der Waals surface area contributed by atoms with Crippen molar-refractivity contribution in [3.05, 3.63) is 0 Å². The summed E-state index contributed by atoms with van der Waals surface area (Å²) in [4.78, 5) is 3.14. The molecule has 0 aliphatic carbocycles. The Bertz CT molecular complexity index is 212. The zero-order valence-electron chi connectivity index (χ0n) is 11.5. The summed E-state index contributed by atoms with van der Waals surface area (Å²) in [5.41, 5.74) is 5.72. The van der Waals surface area contributed by atoms with E-state index in [0.717, 1.165) is 25.4 Å². The van der Waals surface area contributed by atoms with Crippen LogP contribution in [0.5, 0.6) is 0 Å². The lowest BCUT2D eigenvalue weighted by atomic mass is 9.88. The average Bonchev–Trinajstić information content (AvgIpc) is 2.15. The minimum absolute atomic E-state index is 0.00652. The predicted molar refractivity (Wildman–Crippen MR) is 76.8 cm³/mol.